The maximum atomic E-state index is 12.8. The summed E-state index contributed by atoms with van der Waals surface area (Å²) in [5.74, 6) is 0.0933. The molecule has 32 heavy (non-hydrogen) atoms. The molecule has 7 nitrogen and oxygen atoms in total. The molecule has 1 heterocycles. The molecular weight excluding hydrogens is 420 g/mol. The lowest BCUT2D eigenvalue weighted by Crippen LogP contribution is -2.44. The van der Waals surface area contributed by atoms with Crippen LogP contribution in [0.2, 0.25) is 0 Å². The molecule has 0 saturated carbocycles. The fourth-order valence-electron chi connectivity index (χ4n) is 3.26. The van der Waals surface area contributed by atoms with Gasteiger partial charge >= 0.3 is 5.91 Å². The number of hydrogen-bond donors (Lipinski definition) is 3. The van der Waals surface area contributed by atoms with Gasteiger partial charge in [0.2, 0.25) is 5.82 Å². The van der Waals surface area contributed by atoms with Gasteiger partial charge in [-0.1, -0.05) is 66.7 Å². The van der Waals surface area contributed by atoms with Crippen molar-refractivity contribution >= 4 is 28.9 Å². The zero-order valence-electron chi connectivity index (χ0n) is 17.7. The highest BCUT2D eigenvalue weighted by atomic mass is 32.1. The van der Waals surface area contributed by atoms with Gasteiger partial charge in [0, 0.05) is 11.3 Å². The summed E-state index contributed by atoms with van der Waals surface area (Å²) >= 11 is 5.32. The van der Waals surface area contributed by atoms with Gasteiger partial charge in [-0.3, -0.25) is 15.6 Å². The number of aromatic nitrogens is 3. The Morgan fingerprint density at radius 2 is 1.47 bits per heavy atom. The predicted octanol–water partition coefficient (Wildman–Crippen LogP) is 4.18. The van der Waals surface area contributed by atoms with Crippen LogP contribution in [-0.4, -0.2) is 25.8 Å². The van der Waals surface area contributed by atoms with E-state index in [1.807, 2.05) is 92.7 Å². The SMILES string of the molecule is Cc1cccc(C)c1NC(=S)NNC(=O)c1nc(-c2ccccc2)n(-c2ccccc2)n1. The molecule has 0 fully saturated rings. The molecule has 0 aliphatic heterocycles. The minimum Gasteiger partial charge on any atom is -0.331 e. The summed E-state index contributed by atoms with van der Waals surface area (Å²) in [6.07, 6.45) is 0. The van der Waals surface area contributed by atoms with Gasteiger partial charge in [0.25, 0.3) is 0 Å². The molecule has 3 aromatic carbocycles. The molecule has 0 spiro atoms. The molecule has 0 bridgehead atoms. The van der Waals surface area contributed by atoms with E-state index in [-0.39, 0.29) is 10.9 Å². The zero-order chi connectivity index (χ0) is 22.5. The highest BCUT2D eigenvalue weighted by Crippen LogP contribution is 2.21. The van der Waals surface area contributed by atoms with Crippen LogP contribution in [0.4, 0.5) is 5.69 Å². The molecule has 0 aliphatic carbocycles. The van der Waals surface area contributed by atoms with E-state index in [0.29, 0.717) is 5.82 Å². The van der Waals surface area contributed by atoms with Crippen LogP contribution < -0.4 is 16.2 Å². The number of nitrogens with zero attached hydrogens (tertiary/aromatic N) is 3. The van der Waals surface area contributed by atoms with E-state index >= 15 is 0 Å². The summed E-state index contributed by atoms with van der Waals surface area (Å²) < 4.78 is 1.65. The average Bonchev–Trinajstić information content (AvgIpc) is 3.27. The van der Waals surface area contributed by atoms with E-state index in [0.717, 1.165) is 28.1 Å². The van der Waals surface area contributed by atoms with Gasteiger partial charge in [-0.05, 0) is 49.3 Å². The normalized spacial score (nSPS) is 10.4. The number of hydrogen-bond acceptors (Lipinski definition) is 4. The molecule has 4 rings (SSSR count). The van der Waals surface area contributed by atoms with Crippen LogP contribution in [0.1, 0.15) is 21.7 Å². The Balaban J connectivity index is 1.53. The van der Waals surface area contributed by atoms with Crippen molar-refractivity contribution in [1.82, 2.24) is 25.6 Å². The van der Waals surface area contributed by atoms with Crippen LogP contribution in [-0.2, 0) is 0 Å². The van der Waals surface area contributed by atoms with Gasteiger partial charge in [0.05, 0.1) is 5.69 Å². The first-order chi connectivity index (χ1) is 15.5. The zero-order valence-corrected chi connectivity index (χ0v) is 18.5. The number of rotatable bonds is 4. The second-order valence-electron chi connectivity index (χ2n) is 7.17. The third-order valence-electron chi connectivity index (χ3n) is 4.85. The minimum atomic E-state index is -0.498. The van der Waals surface area contributed by atoms with Gasteiger partial charge in [-0.25, -0.2) is 9.67 Å². The van der Waals surface area contributed by atoms with E-state index in [4.69, 9.17) is 12.2 Å². The molecular formula is C24H22N6OS. The molecule has 3 N–H and O–H groups in total. The second-order valence-corrected chi connectivity index (χ2v) is 7.58. The van der Waals surface area contributed by atoms with E-state index in [1.165, 1.54) is 0 Å². The third-order valence-corrected chi connectivity index (χ3v) is 5.06. The first kappa shape index (κ1) is 21.2. The maximum absolute atomic E-state index is 12.8. The molecule has 1 aromatic heterocycles. The molecule has 1 amide bonds. The van der Waals surface area contributed by atoms with E-state index in [2.05, 4.69) is 26.3 Å². The third kappa shape index (κ3) is 4.65. The number of hydrazine groups is 1. The Kier molecular flexibility index (Phi) is 6.23. The number of anilines is 1. The molecule has 8 heteroatoms. The van der Waals surface area contributed by atoms with Crippen LogP contribution in [0.3, 0.4) is 0 Å². The molecule has 0 saturated heterocycles. The Labute approximate surface area is 191 Å². The summed E-state index contributed by atoms with van der Waals surface area (Å²) in [6.45, 7) is 3.98. The Morgan fingerprint density at radius 1 is 0.844 bits per heavy atom. The summed E-state index contributed by atoms with van der Waals surface area (Å²) in [4.78, 5) is 17.2. The summed E-state index contributed by atoms with van der Waals surface area (Å²) in [6, 6.07) is 25.1. The number of amides is 1. The van der Waals surface area contributed by atoms with Crippen LogP contribution >= 0.6 is 12.2 Å². The van der Waals surface area contributed by atoms with Crippen molar-refractivity contribution in [2.45, 2.75) is 13.8 Å². The summed E-state index contributed by atoms with van der Waals surface area (Å²) in [5, 5.41) is 7.82. The van der Waals surface area contributed by atoms with Gasteiger partial charge in [0.15, 0.2) is 10.9 Å². The average molecular weight is 443 g/mol. The summed E-state index contributed by atoms with van der Waals surface area (Å²) in [5.41, 5.74) is 9.95. The standard InChI is InChI=1S/C24H22N6OS/c1-16-10-9-11-17(2)20(16)25-24(32)28-27-23(31)21-26-22(18-12-5-3-6-13-18)30(29-21)19-14-7-4-8-15-19/h3-15H,1-2H3,(H,27,31)(H2,25,28,32). The van der Waals surface area contributed by atoms with Gasteiger partial charge < -0.3 is 5.32 Å². The highest BCUT2D eigenvalue weighted by molar-refractivity contribution is 7.80. The van der Waals surface area contributed by atoms with Crippen molar-refractivity contribution in [3.05, 3.63) is 95.8 Å². The number of carbonyl (C=O) groups is 1. The van der Waals surface area contributed by atoms with Gasteiger partial charge in [-0.2, -0.15) is 0 Å². The van der Waals surface area contributed by atoms with Crippen molar-refractivity contribution in [2.24, 2.45) is 0 Å². The van der Waals surface area contributed by atoms with Crippen LogP contribution in [0.25, 0.3) is 17.1 Å². The highest BCUT2D eigenvalue weighted by Gasteiger charge is 2.19. The minimum absolute atomic E-state index is 0.0232. The monoisotopic (exact) mass is 442 g/mol. The smallest absolute Gasteiger partial charge is 0.309 e. The van der Waals surface area contributed by atoms with Gasteiger partial charge in [-0.15, -0.1) is 5.10 Å². The number of aryl methyl sites for hydroxylation is 2. The first-order valence-electron chi connectivity index (χ1n) is 10.0. The fourth-order valence-corrected chi connectivity index (χ4v) is 3.41. The van der Waals surface area contributed by atoms with Crippen molar-refractivity contribution in [1.29, 1.82) is 0 Å². The van der Waals surface area contributed by atoms with Crippen molar-refractivity contribution < 1.29 is 4.79 Å². The van der Waals surface area contributed by atoms with Crippen molar-refractivity contribution in [2.75, 3.05) is 5.32 Å². The number of benzene rings is 3. The molecule has 0 atom stereocenters. The first-order valence-corrected chi connectivity index (χ1v) is 10.4. The Hall–Kier alpha value is -4.04. The Bertz CT molecular complexity index is 1180. The van der Waals surface area contributed by atoms with Gasteiger partial charge in [0.1, 0.15) is 0 Å². The number of para-hydroxylation sites is 2. The lowest BCUT2D eigenvalue weighted by Gasteiger charge is -2.14. The van der Waals surface area contributed by atoms with E-state index < -0.39 is 5.91 Å². The lowest BCUT2D eigenvalue weighted by atomic mass is 10.1. The maximum Gasteiger partial charge on any atom is 0.309 e. The topological polar surface area (TPSA) is 83.9 Å². The van der Waals surface area contributed by atoms with E-state index in [9.17, 15) is 4.79 Å². The summed E-state index contributed by atoms with van der Waals surface area (Å²) in [7, 11) is 0. The van der Waals surface area contributed by atoms with Crippen LogP contribution in [0.15, 0.2) is 78.9 Å². The molecule has 0 unspecified atom stereocenters. The fraction of sp³-hybridized carbons (Fsp3) is 0.0833. The molecule has 0 aliphatic rings. The Morgan fingerprint density at radius 3 is 2.12 bits per heavy atom. The number of nitrogens with one attached hydrogen (secondary N) is 3. The number of thiocarbonyl (C=S) groups is 1. The lowest BCUT2D eigenvalue weighted by molar-refractivity contribution is 0.0934. The molecule has 0 radical (unpaired) electrons. The molecule has 4 aromatic rings. The quantitative estimate of drug-likeness (QED) is 0.325. The predicted molar refractivity (Wildman–Crippen MR) is 130 cm³/mol. The second kappa shape index (κ2) is 9.40. The largest absolute Gasteiger partial charge is 0.331 e. The van der Waals surface area contributed by atoms with Crippen molar-refractivity contribution in [3.63, 3.8) is 0 Å². The van der Waals surface area contributed by atoms with Crippen molar-refractivity contribution in [3.8, 4) is 17.1 Å². The van der Waals surface area contributed by atoms with E-state index in [1.54, 1.807) is 4.68 Å². The molecule has 160 valence electrons. The van der Waals surface area contributed by atoms with Crippen LogP contribution in [0.5, 0.6) is 0 Å². The van der Waals surface area contributed by atoms with Crippen LogP contribution in [0, 0.1) is 13.8 Å². The number of carbonyl (C=O) groups excluding carboxylic acids is 1.